The maximum absolute atomic E-state index is 2.41. The number of hydrogen-bond donors (Lipinski definition) is 0. The molecule has 2 heteroatoms. The summed E-state index contributed by atoms with van der Waals surface area (Å²) >= 11 is 0. The fourth-order valence-corrected chi connectivity index (χ4v) is 8.73. The quantitative estimate of drug-likeness (QED) is 0.156. The highest BCUT2D eigenvalue weighted by molar-refractivity contribution is 6.18. The molecule has 11 rings (SSSR count). The number of hydrogen-bond acceptors (Lipinski definition) is 1. The van der Waals surface area contributed by atoms with Crippen LogP contribution in [0, 0.1) is 0 Å². The molecule has 262 valence electrons. The van der Waals surface area contributed by atoms with Gasteiger partial charge in [-0.15, -0.1) is 0 Å². The van der Waals surface area contributed by atoms with Crippen molar-refractivity contribution in [1.29, 1.82) is 0 Å². The summed E-state index contributed by atoms with van der Waals surface area (Å²) in [4.78, 5) is 2.40. The molecule has 56 heavy (non-hydrogen) atoms. The van der Waals surface area contributed by atoms with Crippen LogP contribution in [-0.2, 0) is 0 Å². The van der Waals surface area contributed by atoms with Gasteiger partial charge in [0.25, 0.3) is 0 Å². The van der Waals surface area contributed by atoms with Gasteiger partial charge in [0.15, 0.2) is 0 Å². The van der Waals surface area contributed by atoms with E-state index in [-0.39, 0.29) is 0 Å². The Morgan fingerprint density at radius 3 is 1.71 bits per heavy atom. The van der Waals surface area contributed by atoms with Crippen LogP contribution in [-0.4, -0.2) is 4.57 Å². The maximum Gasteiger partial charge on any atom is 0.0619 e. The number of rotatable bonds is 6. The van der Waals surface area contributed by atoms with E-state index < -0.39 is 0 Å². The molecule has 2 nitrogen and oxygen atoms in total. The summed E-state index contributed by atoms with van der Waals surface area (Å²) in [7, 11) is 0. The third-order valence-electron chi connectivity index (χ3n) is 11.3. The van der Waals surface area contributed by atoms with E-state index >= 15 is 0 Å². The van der Waals surface area contributed by atoms with Crippen LogP contribution in [0.3, 0.4) is 0 Å². The van der Waals surface area contributed by atoms with Crippen LogP contribution in [0.1, 0.15) is 0 Å². The Morgan fingerprint density at radius 1 is 0.304 bits per heavy atom. The van der Waals surface area contributed by atoms with Crippen molar-refractivity contribution >= 4 is 71.2 Å². The molecule has 0 aliphatic rings. The first-order chi connectivity index (χ1) is 27.8. The normalized spacial score (nSPS) is 11.6. The topological polar surface area (TPSA) is 8.17 Å². The number of benzene rings is 10. The Balaban J connectivity index is 1.10. The number of nitrogens with zero attached hydrogens (tertiary/aromatic N) is 2. The van der Waals surface area contributed by atoms with E-state index in [1.54, 1.807) is 0 Å². The molecule has 0 saturated carbocycles. The number of anilines is 3. The largest absolute Gasteiger partial charge is 0.310 e. The van der Waals surface area contributed by atoms with Crippen LogP contribution >= 0.6 is 0 Å². The van der Waals surface area contributed by atoms with Gasteiger partial charge < -0.3 is 9.47 Å². The molecule has 1 aromatic heterocycles. The Morgan fingerprint density at radius 2 is 0.893 bits per heavy atom. The lowest BCUT2D eigenvalue weighted by molar-refractivity contribution is 1.18. The van der Waals surface area contributed by atoms with Crippen molar-refractivity contribution in [3.05, 3.63) is 218 Å². The van der Waals surface area contributed by atoms with Crippen molar-refractivity contribution in [3.63, 3.8) is 0 Å². The van der Waals surface area contributed by atoms with Crippen LogP contribution < -0.4 is 4.90 Å². The SMILES string of the molecule is c1ccc(-c2cccc(N(c3ccc(-c4cccc5c6ccccc6n(-c6ccccc6)c45)cc3)c3ccc4ccc5c6ccccc6ccc5c4c3)c2)cc1. The lowest BCUT2D eigenvalue weighted by Crippen LogP contribution is -2.10. The first kappa shape index (κ1) is 32.0. The zero-order valence-corrected chi connectivity index (χ0v) is 30.7. The summed E-state index contributed by atoms with van der Waals surface area (Å²) in [5, 5.41) is 10.1. The van der Waals surface area contributed by atoms with E-state index in [1.165, 1.54) is 76.4 Å². The number of aromatic nitrogens is 1. The van der Waals surface area contributed by atoms with Crippen LogP contribution in [0.5, 0.6) is 0 Å². The van der Waals surface area contributed by atoms with Gasteiger partial charge in [-0.25, -0.2) is 0 Å². The molecule has 0 amide bonds. The van der Waals surface area contributed by atoms with Gasteiger partial charge in [0.2, 0.25) is 0 Å². The average Bonchev–Trinajstić information content (AvgIpc) is 3.62. The summed E-state index contributed by atoms with van der Waals surface area (Å²) in [6.07, 6.45) is 0. The standard InChI is InChI=1S/C54H36N2/c1-3-13-37(14-4-1)41-16-11-19-44(35-41)55(45-32-27-40-29-33-48-46-20-8-7-15-38(46)28-34-49(48)52(40)36-45)43-30-25-39(26-31-43)47-22-12-23-51-50-21-9-10-24-53(50)56(54(47)51)42-17-5-2-6-18-42/h1-36H. The van der Waals surface area contributed by atoms with Crippen LogP contribution in [0.15, 0.2) is 218 Å². The van der Waals surface area contributed by atoms with Crippen LogP contribution in [0.25, 0.3) is 82.1 Å². The minimum atomic E-state index is 1.10. The molecule has 0 unspecified atom stereocenters. The predicted octanol–water partition coefficient (Wildman–Crippen LogP) is 15.0. The molecule has 0 atom stereocenters. The molecule has 0 aliphatic carbocycles. The van der Waals surface area contributed by atoms with Gasteiger partial charge in [-0.3, -0.25) is 0 Å². The average molecular weight is 713 g/mol. The summed E-state index contributed by atoms with van der Waals surface area (Å²) in [6.45, 7) is 0. The summed E-state index contributed by atoms with van der Waals surface area (Å²) < 4.78 is 2.41. The van der Waals surface area contributed by atoms with E-state index in [1.807, 2.05) is 0 Å². The third kappa shape index (κ3) is 5.26. The lowest BCUT2D eigenvalue weighted by atomic mass is 9.96. The van der Waals surface area contributed by atoms with E-state index in [0.717, 1.165) is 22.7 Å². The minimum Gasteiger partial charge on any atom is -0.310 e. The van der Waals surface area contributed by atoms with Crippen molar-refractivity contribution < 1.29 is 0 Å². The highest BCUT2D eigenvalue weighted by Crippen LogP contribution is 2.42. The van der Waals surface area contributed by atoms with Gasteiger partial charge in [-0.2, -0.15) is 0 Å². The Hall–Kier alpha value is -7.42. The third-order valence-corrected chi connectivity index (χ3v) is 11.3. The molecule has 0 radical (unpaired) electrons. The lowest BCUT2D eigenvalue weighted by Gasteiger charge is -2.27. The van der Waals surface area contributed by atoms with E-state index in [4.69, 9.17) is 0 Å². The molecule has 1 heterocycles. The predicted molar refractivity (Wildman–Crippen MR) is 239 cm³/mol. The molecule has 0 fully saturated rings. The fraction of sp³-hybridized carbons (Fsp3) is 0. The molecule has 11 aromatic rings. The second kappa shape index (κ2) is 13.2. The first-order valence-corrected chi connectivity index (χ1v) is 19.3. The number of fused-ring (bicyclic) bond motifs is 8. The Kier molecular flexibility index (Phi) is 7.53. The van der Waals surface area contributed by atoms with Crippen LogP contribution in [0.2, 0.25) is 0 Å². The molecule has 0 aliphatic heterocycles. The van der Waals surface area contributed by atoms with Gasteiger partial charge in [0, 0.05) is 39.1 Å². The van der Waals surface area contributed by atoms with Crippen molar-refractivity contribution in [2.75, 3.05) is 4.90 Å². The van der Waals surface area contributed by atoms with Gasteiger partial charge >= 0.3 is 0 Å². The van der Waals surface area contributed by atoms with Gasteiger partial charge in [0.1, 0.15) is 0 Å². The Labute approximate surface area is 325 Å². The van der Waals surface area contributed by atoms with Crippen molar-refractivity contribution in [3.8, 4) is 27.9 Å². The maximum atomic E-state index is 2.41. The smallest absolute Gasteiger partial charge is 0.0619 e. The molecule has 0 N–H and O–H groups in total. The molecule has 10 aromatic carbocycles. The van der Waals surface area contributed by atoms with E-state index in [0.29, 0.717) is 0 Å². The highest BCUT2D eigenvalue weighted by atomic mass is 15.1. The Bertz CT molecular complexity index is 3230. The molecule has 0 bridgehead atoms. The highest BCUT2D eigenvalue weighted by Gasteiger charge is 2.19. The number of para-hydroxylation sites is 3. The van der Waals surface area contributed by atoms with Gasteiger partial charge in [-0.1, -0.05) is 164 Å². The van der Waals surface area contributed by atoms with Crippen LogP contribution in [0.4, 0.5) is 17.1 Å². The zero-order valence-electron chi connectivity index (χ0n) is 30.7. The fourth-order valence-electron chi connectivity index (χ4n) is 8.73. The monoisotopic (exact) mass is 712 g/mol. The molecular weight excluding hydrogens is 677 g/mol. The van der Waals surface area contributed by atoms with E-state index in [9.17, 15) is 0 Å². The van der Waals surface area contributed by atoms with Gasteiger partial charge in [0.05, 0.1) is 11.0 Å². The summed E-state index contributed by atoms with van der Waals surface area (Å²) in [5.41, 5.74) is 11.7. The van der Waals surface area contributed by atoms with Gasteiger partial charge in [-0.05, 0) is 104 Å². The molecule has 0 saturated heterocycles. The van der Waals surface area contributed by atoms with Crippen molar-refractivity contribution in [2.24, 2.45) is 0 Å². The minimum absolute atomic E-state index is 1.10. The second-order valence-corrected chi connectivity index (χ2v) is 14.5. The van der Waals surface area contributed by atoms with Crippen molar-refractivity contribution in [1.82, 2.24) is 4.57 Å². The van der Waals surface area contributed by atoms with Crippen molar-refractivity contribution in [2.45, 2.75) is 0 Å². The summed E-state index contributed by atoms with van der Waals surface area (Å²) in [5.74, 6) is 0. The molecular formula is C54H36N2. The first-order valence-electron chi connectivity index (χ1n) is 19.3. The van der Waals surface area contributed by atoms with E-state index in [2.05, 4.69) is 228 Å². The zero-order chi connectivity index (χ0) is 37.0. The second-order valence-electron chi connectivity index (χ2n) is 14.5. The molecule has 0 spiro atoms. The summed E-state index contributed by atoms with van der Waals surface area (Å²) in [6, 6.07) is 79.5.